The molecule has 1 unspecified atom stereocenters. The van der Waals surface area contributed by atoms with Crippen LogP contribution >= 0.6 is 0 Å². The molecule has 1 amide bonds. The number of rotatable bonds is 5. The first-order chi connectivity index (χ1) is 12.5. The van der Waals surface area contributed by atoms with Gasteiger partial charge in [0, 0.05) is 12.0 Å². The molecule has 0 saturated carbocycles. The van der Waals surface area contributed by atoms with Crippen LogP contribution in [0.5, 0.6) is 0 Å². The molecule has 0 spiro atoms. The third-order valence-corrected chi connectivity index (χ3v) is 4.85. The zero-order valence-corrected chi connectivity index (χ0v) is 15.6. The van der Waals surface area contributed by atoms with E-state index in [9.17, 15) is 9.59 Å². The van der Waals surface area contributed by atoms with Gasteiger partial charge in [-0.1, -0.05) is 43.3 Å². The maximum absolute atomic E-state index is 12.9. The predicted molar refractivity (Wildman–Crippen MR) is 103 cm³/mol. The molecule has 136 valence electrons. The summed E-state index contributed by atoms with van der Waals surface area (Å²) in [4.78, 5) is 26.4. The molecule has 4 heteroatoms. The lowest BCUT2D eigenvalue weighted by molar-refractivity contribution is -0.138. The number of ether oxygens (including phenoxy) is 1. The quantitative estimate of drug-likeness (QED) is 0.749. The number of anilines is 1. The number of amides is 1. The van der Waals surface area contributed by atoms with Gasteiger partial charge in [-0.15, -0.1) is 0 Å². The second-order valence-corrected chi connectivity index (χ2v) is 6.84. The van der Waals surface area contributed by atoms with Crippen LogP contribution in [0.3, 0.4) is 0 Å². The van der Waals surface area contributed by atoms with Crippen molar-refractivity contribution in [2.75, 3.05) is 11.5 Å². The Bertz CT molecular complexity index is 808. The van der Waals surface area contributed by atoms with Crippen LogP contribution in [0.2, 0.25) is 0 Å². The largest absolute Gasteiger partial charge is 0.463 e. The summed E-state index contributed by atoms with van der Waals surface area (Å²) >= 11 is 0. The molecule has 0 bridgehead atoms. The van der Waals surface area contributed by atoms with Crippen LogP contribution in [0.1, 0.15) is 37.3 Å². The van der Waals surface area contributed by atoms with Gasteiger partial charge in [0.05, 0.1) is 18.2 Å². The minimum atomic E-state index is -0.243. The Morgan fingerprint density at radius 2 is 1.81 bits per heavy atom. The van der Waals surface area contributed by atoms with E-state index < -0.39 is 0 Å². The third kappa shape index (κ3) is 3.50. The van der Waals surface area contributed by atoms with Gasteiger partial charge >= 0.3 is 5.97 Å². The van der Waals surface area contributed by atoms with Crippen LogP contribution in [0.15, 0.2) is 42.5 Å². The van der Waals surface area contributed by atoms with E-state index in [4.69, 9.17) is 4.74 Å². The van der Waals surface area contributed by atoms with E-state index in [2.05, 4.69) is 32.0 Å². The second kappa shape index (κ2) is 7.73. The highest BCUT2D eigenvalue weighted by molar-refractivity contribution is 5.99. The Labute approximate surface area is 154 Å². The van der Waals surface area contributed by atoms with Crippen LogP contribution in [-0.4, -0.2) is 24.5 Å². The molecule has 4 nitrogen and oxygen atoms in total. The zero-order valence-electron chi connectivity index (χ0n) is 15.6. The standard InChI is InChI=1S/C22H25NO3/c1-4-8-20(24)23(17-13-21(25)26-14-17)19-12-6-5-11-18(19)22-15(2)9-7-10-16(22)3/h5-7,9-12,17H,4,8,13-14H2,1-3H3. The van der Waals surface area contributed by atoms with Gasteiger partial charge in [-0.05, 0) is 43.0 Å². The van der Waals surface area contributed by atoms with E-state index in [-0.39, 0.29) is 30.9 Å². The van der Waals surface area contributed by atoms with Gasteiger partial charge in [0.25, 0.3) is 0 Å². The molecular formula is C22H25NO3. The molecular weight excluding hydrogens is 326 g/mol. The summed E-state index contributed by atoms with van der Waals surface area (Å²) in [5, 5.41) is 0. The fraction of sp³-hybridized carbons (Fsp3) is 0.364. The Hall–Kier alpha value is -2.62. The van der Waals surface area contributed by atoms with Crippen molar-refractivity contribution in [3.05, 3.63) is 53.6 Å². The zero-order chi connectivity index (χ0) is 18.7. The molecule has 0 aromatic heterocycles. The summed E-state index contributed by atoms with van der Waals surface area (Å²) in [7, 11) is 0. The predicted octanol–water partition coefficient (Wildman–Crippen LogP) is 4.42. The fourth-order valence-electron chi connectivity index (χ4n) is 3.67. The minimum absolute atomic E-state index is 0.0366. The normalized spacial score (nSPS) is 16.4. The summed E-state index contributed by atoms with van der Waals surface area (Å²) in [5.41, 5.74) is 5.35. The Morgan fingerprint density at radius 1 is 1.12 bits per heavy atom. The molecule has 1 aliphatic heterocycles. The number of esters is 1. The van der Waals surface area contributed by atoms with Crippen molar-refractivity contribution < 1.29 is 14.3 Å². The van der Waals surface area contributed by atoms with Gasteiger partial charge in [-0.2, -0.15) is 0 Å². The van der Waals surface area contributed by atoms with E-state index in [0.29, 0.717) is 6.42 Å². The summed E-state index contributed by atoms with van der Waals surface area (Å²) in [6.45, 7) is 6.41. The number of aryl methyl sites for hydroxylation is 2. The highest BCUT2D eigenvalue weighted by Crippen LogP contribution is 2.37. The van der Waals surface area contributed by atoms with E-state index in [0.717, 1.165) is 23.2 Å². The first-order valence-electron chi connectivity index (χ1n) is 9.16. The van der Waals surface area contributed by atoms with Crippen molar-refractivity contribution >= 4 is 17.6 Å². The number of carbonyl (C=O) groups is 2. The van der Waals surface area contributed by atoms with Gasteiger partial charge in [-0.25, -0.2) is 0 Å². The van der Waals surface area contributed by atoms with Gasteiger partial charge in [0.1, 0.15) is 6.61 Å². The lowest BCUT2D eigenvalue weighted by Crippen LogP contribution is -2.41. The topological polar surface area (TPSA) is 46.6 Å². The molecule has 0 radical (unpaired) electrons. The summed E-state index contributed by atoms with van der Waals surface area (Å²) in [6, 6.07) is 13.9. The number of carbonyl (C=O) groups excluding carboxylic acids is 2. The number of hydrogen-bond donors (Lipinski definition) is 0. The van der Waals surface area contributed by atoms with Crippen molar-refractivity contribution in [1.82, 2.24) is 0 Å². The van der Waals surface area contributed by atoms with Crippen LogP contribution in [0.4, 0.5) is 5.69 Å². The summed E-state index contributed by atoms with van der Waals surface area (Å²) in [5.74, 6) is -0.205. The second-order valence-electron chi connectivity index (χ2n) is 6.84. The fourth-order valence-corrected chi connectivity index (χ4v) is 3.67. The van der Waals surface area contributed by atoms with Crippen molar-refractivity contribution in [1.29, 1.82) is 0 Å². The molecule has 0 aliphatic carbocycles. The SMILES string of the molecule is CCCC(=O)N(c1ccccc1-c1c(C)cccc1C)C1COC(=O)C1. The molecule has 0 N–H and O–H groups in total. The van der Waals surface area contributed by atoms with Crippen molar-refractivity contribution in [3.63, 3.8) is 0 Å². The van der Waals surface area contributed by atoms with Crippen molar-refractivity contribution in [3.8, 4) is 11.1 Å². The highest BCUT2D eigenvalue weighted by Gasteiger charge is 2.34. The van der Waals surface area contributed by atoms with Crippen LogP contribution in [0.25, 0.3) is 11.1 Å². The Morgan fingerprint density at radius 3 is 2.42 bits per heavy atom. The molecule has 1 saturated heterocycles. The van der Waals surface area contributed by atoms with Crippen molar-refractivity contribution in [2.45, 2.75) is 46.1 Å². The van der Waals surface area contributed by atoms with E-state index >= 15 is 0 Å². The van der Waals surface area contributed by atoms with Crippen molar-refractivity contribution in [2.24, 2.45) is 0 Å². The van der Waals surface area contributed by atoms with E-state index in [1.165, 1.54) is 11.1 Å². The first-order valence-corrected chi connectivity index (χ1v) is 9.16. The number of nitrogens with zero attached hydrogens (tertiary/aromatic N) is 1. The number of benzene rings is 2. The molecule has 1 fully saturated rings. The third-order valence-electron chi connectivity index (χ3n) is 4.85. The minimum Gasteiger partial charge on any atom is -0.463 e. The number of cyclic esters (lactones) is 1. The van der Waals surface area contributed by atoms with Crippen LogP contribution < -0.4 is 4.90 Å². The maximum atomic E-state index is 12.9. The average Bonchev–Trinajstić information content (AvgIpc) is 3.02. The molecule has 1 heterocycles. The summed E-state index contributed by atoms with van der Waals surface area (Å²) < 4.78 is 5.16. The van der Waals surface area contributed by atoms with Gasteiger partial charge < -0.3 is 9.64 Å². The van der Waals surface area contributed by atoms with Gasteiger partial charge in [-0.3, -0.25) is 9.59 Å². The Balaban J connectivity index is 2.13. The molecule has 1 atom stereocenters. The van der Waals surface area contributed by atoms with E-state index in [1.54, 1.807) is 4.90 Å². The van der Waals surface area contributed by atoms with Crippen LogP contribution in [-0.2, 0) is 14.3 Å². The number of hydrogen-bond acceptors (Lipinski definition) is 3. The monoisotopic (exact) mass is 351 g/mol. The lowest BCUT2D eigenvalue weighted by atomic mass is 9.93. The van der Waals surface area contributed by atoms with E-state index in [1.807, 2.05) is 31.2 Å². The average molecular weight is 351 g/mol. The number of para-hydroxylation sites is 1. The van der Waals surface area contributed by atoms with Gasteiger partial charge in [0.15, 0.2) is 0 Å². The smallest absolute Gasteiger partial charge is 0.308 e. The molecule has 26 heavy (non-hydrogen) atoms. The Kier molecular flexibility index (Phi) is 5.40. The first kappa shape index (κ1) is 18.2. The lowest BCUT2D eigenvalue weighted by Gasteiger charge is -2.30. The maximum Gasteiger partial charge on any atom is 0.308 e. The molecule has 2 aromatic rings. The molecule has 2 aromatic carbocycles. The molecule has 1 aliphatic rings. The summed E-state index contributed by atoms with van der Waals surface area (Å²) in [6.07, 6.45) is 1.46. The van der Waals surface area contributed by atoms with Crippen LogP contribution in [0, 0.1) is 13.8 Å². The van der Waals surface area contributed by atoms with Gasteiger partial charge in [0.2, 0.25) is 5.91 Å². The molecule has 3 rings (SSSR count). The highest BCUT2D eigenvalue weighted by atomic mass is 16.5.